The fourth-order valence-corrected chi connectivity index (χ4v) is 2.70. The zero-order valence-electron chi connectivity index (χ0n) is 17.3. The molecule has 0 unspecified atom stereocenters. The minimum Gasteiger partial charge on any atom is -0.384 e. The number of hydrogen-bond acceptors (Lipinski definition) is 3. The first-order valence-corrected chi connectivity index (χ1v) is 9.79. The molecule has 0 radical (unpaired) electrons. The summed E-state index contributed by atoms with van der Waals surface area (Å²) in [6.45, 7) is 12.4. The SMILES string of the molecule is CC(C)CCNc1ccc(CNC(=O)Cc2ccc(C(C)(C)C)cc2)nc1. The van der Waals surface area contributed by atoms with Crippen LogP contribution in [0.4, 0.5) is 5.69 Å². The molecular formula is C23H33N3O. The Morgan fingerprint density at radius 2 is 1.78 bits per heavy atom. The summed E-state index contributed by atoms with van der Waals surface area (Å²) in [4.78, 5) is 16.6. The van der Waals surface area contributed by atoms with E-state index in [2.05, 4.69) is 62.4 Å². The van der Waals surface area contributed by atoms with Crippen molar-refractivity contribution in [3.63, 3.8) is 0 Å². The van der Waals surface area contributed by atoms with Gasteiger partial charge in [-0.1, -0.05) is 58.9 Å². The van der Waals surface area contributed by atoms with Crippen LogP contribution in [0.15, 0.2) is 42.6 Å². The average molecular weight is 368 g/mol. The van der Waals surface area contributed by atoms with E-state index in [1.54, 1.807) is 0 Å². The molecule has 0 spiro atoms. The maximum atomic E-state index is 12.2. The Labute approximate surface area is 163 Å². The highest BCUT2D eigenvalue weighted by atomic mass is 16.1. The standard InChI is InChI=1S/C23H33N3O/c1-17(2)12-13-24-20-10-11-21(25-15-20)16-26-22(27)14-18-6-8-19(9-7-18)23(3,4)5/h6-11,15,17,24H,12-14,16H2,1-5H3,(H,26,27). The number of benzene rings is 1. The third-order valence-corrected chi connectivity index (χ3v) is 4.53. The molecule has 2 N–H and O–H groups in total. The van der Waals surface area contributed by atoms with Crippen LogP contribution in [0, 0.1) is 5.92 Å². The molecule has 0 aliphatic carbocycles. The largest absolute Gasteiger partial charge is 0.384 e. The summed E-state index contributed by atoms with van der Waals surface area (Å²) in [6.07, 6.45) is 3.35. The summed E-state index contributed by atoms with van der Waals surface area (Å²) in [5, 5.41) is 6.31. The van der Waals surface area contributed by atoms with Crippen molar-refractivity contribution >= 4 is 11.6 Å². The molecule has 0 saturated heterocycles. The summed E-state index contributed by atoms with van der Waals surface area (Å²) in [5.74, 6) is 0.698. The lowest BCUT2D eigenvalue weighted by Gasteiger charge is -2.19. The second kappa shape index (κ2) is 9.54. The molecule has 1 heterocycles. The van der Waals surface area contributed by atoms with Crippen molar-refractivity contribution < 1.29 is 4.79 Å². The Bertz CT molecular complexity index is 713. The number of hydrogen-bond donors (Lipinski definition) is 2. The first kappa shape index (κ1) is 20.9. The Hall–Kier alpha value is -2.36. The number of nitrogens with zero attached hydrogens (tertiary/aromatic N) is 1. The second-order valence-electron chi connectivity index (χ2n) is 8.55. The van der Waals surface area contributed by atoms with Gasteiger partial charge in [-0.3, -0.25) is 9.78 Å². The maximum absolute atomic E-state index is 12.2. The molecule has 2 aromatic rings. The van der Waals surface area contributed by atoms with Gasteiger partial charge < -0.3 is 10.6 Å². The number of pyridine rings is 1. The third kappa shape index (κ3) is 7.41. The predicted molar refractivity (Wildman–Crippen MR) is 113 cm³/mol. The van der Waals surface area contributed by atoms with Gasteiger partial charge in [0.2, 0.25) is 5.91 Å². The minimum atomic E-state index is 0.0134. The van der Waals surface area contributed by atoms with Crippen LogP contribution < -0.4 is 10.6 Å². The van der Waals surface area contributed by atoms with Gasteiger partial charge in [0.1, 0.15) is 0 Å². The fraction of sp³-hybridized carbons (Fsp3) is 0.478. The van der Waals surface area contributed by atoms with Crippen LogP contribution in [0.2, 0.25) is 0 Å². The van der Waals surface area contributed by atoms with Gasteiger partial charge in [0.05, 0.1) is 30.5 Å². The fourth-order valence-electron chi connectivity index (χ4n) is 2.70. The van der Waals surface area contributed by atoms with Crippen LogP contribution in [0.25, 0.3) is 0 Å². The molecule has 146 valence electrons. The van der Waals surface area contributed by atoms with Crippen molar-refractivity contribution in [2.24, 2.45) is 5.92 Å². The molecule has 1 amide bonds. The summed E-state index contributed by atoms with van der Waals surface area (Å²) in [5.41, 5.74) is 4.31. The molecule has 0 atom stereocenters. The quantitative estimate of drug-likeness (QED) is 0.711. The second-order valence-corrected chi connectivity index (χ2v) is 8.55. The Morgan fingerprint density at radius 3 is 2.33 bits per heavy atom. The van der Waals surface area contributed by atoms with Gasteiger partial charge in [-0.15, -0.1) is 0 Å². The summed E-state index contributed by atoms with van der Waals surface area (Å²) in [6, 6.07) is 12.3. The summed E-state index contributed by atoms with van der Waals surface area (Å²) in [7, 11) is 0. The zero-order valence-corrected chi connectivity index (χ0v) is 17.3. The van der Waals surface area contributed by atoms with Gasteiger partial charge in [-0.05, 0) is 41.0 Å². The molecule has 0 bridgehead atoms. The van der Waals surface area contributed by atoms with Gasteiger partial charge in [-0.2, -0.15) is 0 Å². The van der Waals surface area contributed by atoms with Gasteiger partial charge in [0.15, 0.2) is 0 Å². The predicted octanol–water partition coefficient (Wildman–Crippen LogP) is 4.70. The van der Waals surface area contributed by atoms with Crippen molar-refractivity contribution in [1.29, 1.82) is 0 Å². The highest BCUT2D eigenvalue weighted by Gasteiger charge is 2.13. The molecule has 0 fully saturated rings. The van der Waals surface area contributed by atoms with Gasteiger partial charge in [-0.25, -0.2) is 0 Å². The highest BCUT2D eigenvalue weighted by molar-refractivity contribution is 5.78. The van der Waals surface area contributed by atoms with Gasteiger partial charge >= 0.3 is 0 Å². The van der Waals surface area contributed by atoms with Gasteiger partial charge in [0, 0.05) is 6.54 Å². The minimum absolute atomic E-state index is 0.0134. The molecule has 2 rings (SSSR count). The third-order valence-electron chi connectivity index (χ3n) is 4.53. The topological polar surface area (TPSA) is 54.0 Å². The average Bonchev–Trinajstić information content (AvgIpc) is 2.60. The van der Waals surface area contributed by atoms with Crippen molar-refractivity contribution in [3.8, 4) is 0 Å². The summed E-state index contributed by atoms with van der Waals surface area (Å²) < 4.78 is 0. The monoisotopic (exact) mass is 367 g/mol. The van der Waals surface area contributed by atoms with E-state index >= 15 is 0 Å². The number of rotatable bonds is 8. The van der Waals surface area contributed by atoms with Crippen LogP contribution in [-0.4, -0.2) is 17.4 Å². The lowest BCUT2D eigenvalue weighted by atomic mass is 9.86. The van der Waals surface area contributed by atoms with Crippen molar-refractivity contribution in [2.75, 3.05) is 11.9 Å². The molecule has 0 saturated carbocycles. The van der Waals surface area contributed by atoms with Crippen LogP contribution in [0.1, 0.15) is 57.9 Å². The van der Waals surface area contributed by atoms with E-state index < -0.39 is 0 Å². The zero-order chi connectivity index (χ0) is 19.9. The molecule has 4 heteroatoms. The molecule has 0 aliphatic rings. The Kier molecular flexibility index (Phi) is 7.40. The van der Waals surface area contributed by atoms with E-state index in [9.17, 15) is 4.79 Å². The molecule has 1 aromatic heterocycles. The van der Waals surface area contributed by atoms with E-state index in [4.69, 9.17) is 0 Å². The molecule has 4 nitrogen and oxygen atoms in total. The van der Waals surface area contributed by atoms with Crippen LogP contribution in [0.5, 0.6) is 0 Å². The number of carbonyl (C=O) groups excluding carboxylic acids is 1. The first-order chi connectivity index (χ1) is 12.7. The number of nitrogens with one attached hydrogen (secondary N) is 2. The van der Waals surface area contributed by atoms with Crippen molar-refractivity contribution in [1.82, 2.24) is 10.3 Å². The lowest BCUT2D eigenvalue weighted by Crippen LogP contribution is -2.25. The molecular weight excluding hydrogens is 334 g/mol. The van der Waals surface area contributed by atoms with Crippen LogP contribution in [0.3, 0.4) is 0 Å². The highest BCUT2D eigenvalue weighted by Crippen LogP contribution is 2.22. The van der Waals surface area contributed by atoms with Crippen LogP contribution >= 0.6 is 0 Å². The van der Waals surface area contributed by atoms with Crippen molar-refractivity contribution in [3.05, 3.63) is 59.4 Å². The summed E-state index contributed by atoms with van der Waals surface area (Å²) >= 11 is 0. The Morgan fingerprint density at radius 1 is 1.07 bits per heavy atom. The van der Waals surface area contributed by atoms with E-state index in [1.165, 1.54) is 5.56 Å². The van der Waals surface area contributed by atoms with E-state index in [-0.39, 0.29) is 11.3 Å². The van der Waals surface area contributed by atoms with Gasteiger partial charge in [0.25, 0.3) is 0 Å². The number of carbonyl (C=O) groups is 1. The molecule has 27 heavy (non-hydrogen) atoms. The van der Waals surface area contributed by atoms with Crippen LogP contribution in [-0.2, 0) is 23.2 Å². The van der Waals surface area contributed by atoms with E-state index in [0.29, 0.717) is 18.9 Å². The molecule has 1 aromatic carbocycles. The normalized spacial score (nSPS) is 11.5. The number of amides is 1. The number of aromatic nitrogens is 1. The molecule has 0 aliphatic heterocycles. The Balaban J connectivity index is 1.78. The maximum Gasteiger partial charge on any atom is 0.224 e. The van der Waals surface area contributed by atoms with Crippen molar-refractivity contribution in [2.45, 2.75) is 59.4 Å². The first-order valence-electron chi connectivity index (χ1n) is 9.79. The number of anilines is 1. The lowest BCUT2D eigenvalue weighted by molar-refractivity contribution is -0.120. The smallest absolute Gasteiger partial charge is 0.224 e. The van der Waals surface area contributed by atoms with E-state index in [1.807, 2.05) is 30.5 Å². The van der Waals surface area contributed by atoms with E-state index in [0.717, 1.165) is 29.9 Å².